The second kappa shape index (κ2) is 14.2. The first-order valence-corrected chi connectivity index (χ1v) is 11.6. The van der Waals surface area contributed by atoms with Crippen LogP contribution in [0.15, 0.2) is 73.4 Å². The van der Waals surface area contributed by atoms with Crippen LogP contribution in [0.4, 0.5) is 17.6 Å². The summed E-state index contributed by atoms with van der Waals surface area (Å²) in [5.41, 5.74) is 1.08. The van der Waals surface area contributed by atoms with E-state index < -0.39 is 23.3 Å². The smallest absolute Gasteiger partial charge is 0.241 e. The van der Waals surface area contributed by atoms with Crippen molar-refractivity contribution in [3.05, 3.63) is 127 Å². The van der Waals surface area contributed by atoms with Crippen molar-refractivity contribution in [2.75, 3.05) is 0 Å². The Morgan fingerprint density at radius 1 is 0.829 bits per heavy atom. The molecule has 0 fully saturated rings. The molecule has 6 aromatic rings. The van der Waals surface area contributed by atoms with Crippen molar-refractivity contribution in [1.82, 2.24) is 29.3 Å². The minimum absolute atomic E-state index is 0. The van der Waals surface area contributed by atoms with E-state index in [1.807, 2.05) is 18.2 Å². The minimum Gasteiger partial charge on any atom is -0.421 e. The monoisotopic (exact) mass is 738 g/mol. The molecule has 0 aliphatic carbocycles. The third-order valence-electron chi connectivity index (χ3n) is 5.02. The number of benzene rings is 2. The van der Waals surface area contributed by atoms with Crippen LogP contribution >= 0.6 is 0 Å². The Balaban J connectivity index is 0.000000168. The number of nitrogens with zero attached hydrogens (tertiary/aromatic N) is 8. The number of pyridine rings is 1. The molecule has 4 heterocycles. The van der Waals surface area contributed by atoms with Gasteiger partial charge in [0.1, 0.15) is 0 Å². The van der Waals surface area contributed by atoms with Gasteiger partial charge in [-0.05, 0) is 36.3 Å². The zero-order valence-corrected chi connectivity index (χ0v) is 24.2. The maximum atomic E-state index is 13.2. The molecule has 0 spiro atoms. The van der Waals surface area contributed by atoms with Gasteiger partial charge in [0.25, 0.3) is 0 Å². The zero-order chi connectivity index (χ0) is 28.6. The predicted molar refractivity (Wildman–Crippen MR) is 132 cm³/mol. The third-order valence-corrected chi connectivity index (χ3v) is 5.02. The van der Waals surface area contributed by atoms with Crippen LogP contribution in [0.1, 0.15) is 5.82 Å². The van der Waals surface area contributed by atoms with Crippen molar-refractivity contribution in [3.8, 4) is 22.9 Å². The van der Waals surface area contributed by atoms with Gasteiger partial charge in [0, 0.05) is 80.2 Å². The quantitative estimate of drug-likeness (QED) is 0.159. The van der Waals surface area contributed by atoms with E-state index >= 15 is 0 Å². The molecule has 213 valence electrons. The van der Waals surface area contributed by atoms with E-state index in [0.29, 0.717) is 11.6 Å². The first-order chi connectivity index (χ1) is 19.2. The normalized spacial score (nSPS) is 10.1. The summed E-state index contributed by atoms with van der Waals surface area (Å²) in [6.45, 7) is 1.80. The van der Waals surface area contributed by atoms with E-state index in [0.717, 1.165) is 30.0 Å². The summed E-state index contributed by atoms with van der Waals surface area (Å²) in [5, 5.41) is 7.65. The molecule has 0 aliphatic rings. The molecule has 0 saturated heterocycles. The van der Waals surface area contributed by atoms with Crippen molar-refractivity contribution >= 4 is 0 Å². The molecule has 0 N–H and O–H groups in total. The topological polar surface area (TPSA) is 70.4 Å². The molecule has 4 aromatic heterocycles. The molecule has 0 unspecified atom stereocenters. The molecular formula is C28H21F4IrN8-3. The van der Waals surface area contributed by atoms with Crippen LogP contribution in [0.2, 0.25) is 0 Å². The molecule has 0 amide bonds. The summed E-state index contributed by atoms with van der Waals surface area (Å²) in [4.78, 5) is 8.19. The first kappa shape index (κ1) is 31.1. The van der Waals surface area contributed by atoms with Crippen molar-refractivity contribution in [2.24, 2.45) is 14.1 Å². The summed E-state index contributed by atoms with van der Waals surface area (Å²) < 4.78 is 57.7. The number of hydrogen-bond donors (Lipinski definition) is 0. The van der Waals surface area contributed by atoms with Crippen molar-refractivity contribution in [1.29, 1.82) is 0 Å². The Bertz CT molecular complexity index is 1610. The van der Waals surface area contributed by atoms with E-state index in [9.17, 15) is 17.6 Å². The number of imidazole rings is 2. The summed E-state index contributed by atoms with van der Waals surface area (Å²) in [6.07, 6.45) is 13.9. The maximum Gasteiger partial charge on any atom is 0.241 e. The van der Waals surface area contributed by atoms with Gasteiger partial charge in [-0.15, -0.1) is 24.3 Å². The molecule has 0 bridgehead atoms. The summed E-state index contributed by atoms with van der Waals surface area (Å²) in [6, 6.07) is 14.4. The number of halogens is 4. The molecule has 6 rings (SSSR count). The van der Waals surface area contributed by atoms with Crippen LogP contribution < -0.4 is 14.2 Å². The van der Waals surface area contributed by atoms with Crippen LogP contribution in [0.3, 0.4) is 0 Å². The molecule has 0 aliphatic heterocycles. The van der Waals surface area contributed by atoms with E-state index in [1.165, 1.54) is 9.13 Å². The molecule has 13 heteroatoms. The summed E-state index contributed by atoms with van der Waals surface area (Å²) in [7, 11) is 3.52. The third kappa shape index (κ3) is 8.50. The Hall–Kier alpha value is -4.48. The van der Waals surface area contributed by atoms with Gasteiger partial charge in [0.15, 0.2) is 0 Å². The molecular weight excluding hydrogens is 717 g/mol. The van der Waals surface area contributed by atoms with Gasteiger partial charge < -0.3 is 28.4 Å². The fraction of sp³-hybridized carbons (Fsp3) is 0.107. The Labute approximate surface area is 246 Å². The molecule has 0 atom stereocenters. The van der Waals surface area contributed by atoms with E-state index in [4.69, 9.17) is 0 Å². The molecule has 8 nitrogen and oxygen atoms in total. The van der Waals surface area contributed by atoms with Gasteiger partial charge in [-0.2, -0.15) is 12.1 Å². The van der Waals surface area contributed by atoms with Gasteiger partial charge in [-0.1, -0.05) is 6.07 Å². The van der Waals surface area contributed by atoms with Gasteiger partial charge in [0.2, 0.25) is 12.7 Å². The number of hydrogen-bond acceptors (Lipinski definition) is 3. The molecule has 1 radical (unpaired) electrons. The maximum absolute atomic E-state index is 13.2. The van der Waals surface area contributed by atoms with Crippen LogP contribution in [0.25, 0.3) is 22.9 Å². The standard InChI is InChI=1S/2C10H7F2N2.C8H7N4.Ir/c2*1-13-4-5-14(7-13)10-3-2-8(11)6-9(10)12;1-6-10-8(12-11-6)7-4-2-3-5-9-7;/h2*2,4-6H,1H3;2-5H,1H3;/q3*-1;. The Kier molecular flexibility index (Phi) is 10.8. The molecule has 0 saturated carbocycles. The van der Waals surface area contributed by atoms with Crippen LogP contribution in [0.5, 0.6) is 0 Å². The number of aromatic nitrogens is 8. The van der Waals surface area contributed by atoms with Gasteiger partial charge in [-0.25, -0.2) is 0 Å². The Morgan fingerprint density at radius 2 is 1.37 bits per heavy atom. The van der Waals surface area contributed by atoms with E-state index in [1.54, 1.807) is 61.1 Å². The summed E-state index contributed by atoms with van der Waals surface area (Å²) in [5.74, 6) is -1.32. The molecule has 41 heavy (non-hydrogen) atoms. The second-order valence-electron chi connectivity index (χ2n) is 8.18. The number of aryl methyl sites for hydroxylation is 3. The van der Waals surface area contributed by atoms with E-state index in [-0.39, 0.29) is 31.5 Å². The SMILES string of the molecule is C[n+]1[c-]n(-c2[c-]cc(F)cc2F)cc1.C[n+]1[c-]n(-c2[c-]cc(F)cc2F)cc1.Cc1n[n-]c(-c2ccccn2)n1.[Ir]. The number of rotatable bonds is 3. The fourth-order valence-corrected chi connectivity index (χ4v) is 3.22. The predicted octanol–water partition coefficient (Wildman–Crippen LogP) is 3.16. The fourth-order valence-electron chi connectivity index (χ4n) is 3.22. The van der Waals surface area contributed by atoms with Crippen LogP contribution in [-0.2, 0) is 34.2 Å². The average molecular weight is 738 g/mol. The summed E-state index contributed by atoms with van der Waals surface area (Å²) >= 11 is 0. The van der Waals surface area contributed by atoms with Crippen molar-refractivity contribution < 1.29 is 46.8 Å². The minimum atomic E-state index is -0.655. The van der Waals surface area contributed by atoms with Crippen molar-refractivity contribution in [3.63, 3.8) is 0 Å². The Morgan fingerprint density at radius 3 is 1.73 bits per heavy atom. The van der Waals surface area contributed by atoms with E-state index in [2.05, 4.69) is 45.0 Å². The largest absolute Gasteiger partial charge is 0.421 e. The average Bonchev–Trinajstić information content (AvgIpc) is 3.67. The zero-order valence-electron chi connectivity index (χ0n) is 21.9. The van der Waals surface area contributed by atoms with Crippen LogP contribution in [-0.4, -0.2) is 24.2 Å². The van der Waals surface area contributed by atoms with Gasteiger partial charge in [-0.3, -0.25) is 27.6 Å². The van der Waals surface area contributed by atoms with Gasteiger partial charge >= 0.3 is 0 Å². The van der Waals surface area contributed by atoms with Gasteiger partial charge in [0.05, 0.1) is 19.8 Å². The van der Waals surface area contributed by atoms with Crippen molar-refractivity contribution in [2.45, 2.75) is 6.92 Å². The second-order valence-corrected chi connectivity index (χ2v) is 8.18. The first-order valence-electron chi connectivity index (χ1n) is 11.6. The van der Waals surface area contributed by atoms with Crippen LogP contribution in [0, 0.1) is 55.0 Å². The molecule has 2 aromatic carbocycles.